The lowest BCUT2D eigenvalue weighted by molar-refractivity contribution is -0.137. The Morgan fingerprint density at radius 2 is 2.05 bits per heavy atom. The van der Waals surface area contributed by atoms with Crippen LogP contribution in [0.25, 0.3) is 0 Å². The fourth-order valence-electron chi connectivity index (χ4n) is 1.74. The van der Waals surface area contributed by atoms with Crippen LogP contribution in [-0.2, 0) is 14.3 Å². The maximum Gasteiger partial charge on any atom is 0.343 e. The topological polar surface area (TPSA) is 83.4 Å². The first kappa shape index (κ1) is 17.7. The summed E-state index contributed by atoms with van der Waals surface area (Å²) in [5.41, 5.74) is 0.975. The third-order valence-corrected chi connectivity index (χ3v) is 2.78. The van der Waals surface area contributed by atoms with Gasteiger partial charge in [0.15, 0.2) is 0 Å². The monoisotopic (exact) mass is 305 g/mol. The summed E-state index contributed by atoms with van der Waals surface area (Å²) >= 11 is 0. The summed E-state index contributed by atoms with van der Waals surface area (Å²) in [5.74, 6) is -0.0778. The summed E-state index contributed by atoms with van der Waals surface area (Å²) in [4.78, 5) is 12.0. The molecule has 0 atom stereocenters. The Morgan fingerprint density at radius 1 is 1.32 bits per heavy atom. The van der Waals surface area contributed by atoms with Gasteiger partial charge in [-0.15, -0.1) is 0 Å². The SMILES string of the molecule is CCOC(=O)/C(C=N)=C(\NCCCOC)Nc1ccccc1. The number of para-hydroxylation sites is 1. The van der Waals surface area contributed by atoms with Gasteiger partial charge in [-0.25, -0.2) is 4.79 Å². The molecule has 6 nitrogen and oxygen atoms in total. The van der Waals surface area contributed by atoms with E-state index in [-0.39, 0.29) is 12.2 Å². The molecule has 0 aromatic heterocycles. The highest BCUT2D eigenvalue weighted by molar-refractivity contribution is 6.09. The number of benzene rings is 1. The average Bonchev–Trinajstić information content (AvgIpc) is 2.53. The van der Waals surface area contributed by atoms with Crippen molar-refractivity contribution >= 4 is 17.9 Å². The smallest absolute Gasteiger partial charge is 0.343 e. The van der Waals surface area contributed by atoms with Crippen LogP contribution in [0.5, 0.6) is 0 Å². The average molecular weight is 305 g/mol. The van der Waals surface area contributed by atoms with E-state index in [9.17, 15) is 4.79 Å². The number of hydrogen-bond donors (Lipinski definition) is 3. The lowest BCUT2D eigenvalue weighted by Crippen LogP contribution is -2.27. The first-order valence-corrected chi connectivity index (χ1v) is 7.19. The summed E-state index contributed by atoms with van der Waals surface area (Å²) in [7, 11) is 1.64. The largest absolute Gasteiger partial charge is 0.462 e. The Bertz CT molecular complexity index is 501. The van der Waals surface area contributed by atoms with Crippen LogP contribution in [0.15, 0.2) is 41.7 Å². The zero-order valence-electron chi connectivity index (χ0n) is 13.0. The minimum absolute atomic E-state index is 0.156. The van der Waals surface area contributed by atoms with Crippen molar-refractivity contribution in [3.05, 3.63) is 41.7 Å². The minimum Gasteiger partial charge on any atom is -0.462 e. The molecular formula is C16H23N3O3. The lowest BCUT2D eigenvalue weighted by Gasteiger charge is -2.16. The third-order valence-electron chi connectivity index (χ3n) is 2.78. The number of nitrogens with one attached hydrogen (secondary N) is 3. The zero-order chi connectivity index (χ0) is 16.2. The summed E-state index contributed by atoms with van der Waals surface area (Å²) in [6, 6.07) is 9.44. The van der Waals surface area contributed by atoms with Crippen LogP contribution in [0, 0.1) is 5.41 Å². The van der Waals surface area contributed by atoms with E-state index in [4.69, 9.17) is 14.9 Å². The fraction of sp³-hybridized carbons (Fsp3) is 0.375. The van der Waals surface area contributed by atoms with Gasteiger partial charge >= 0.3 is 5.97 Å². The molecule has 0 unspecified atom stereocenters. The first-order chi connectivity index (χ1) is 10.7. The molecule has 0 saturated carbocycles. The molecule has 0 fully saturated rings. The predicted molar refractivity (Wildman–Crippen MR) is 87.0 cm³/mol. The Hall–Kier alpha value is -2.34. The van der Waals surface area contributed by atoms with E-state index in [1.54, 1.807) is 14.0 Å². The number of anilines is 1. The van der Waals surface area contributed by atoms with Crippen molar-refractivity contribution in [3.63, 3.8) is 0 Å². The summed E-state index contributed by atoms with van der Waals surface area (Å²) in [6.45, 7) is 3.22. The number of carbonyl (C=O) groups is 1. The Balaban J connectivity index is 2.91. The molecule has 0 aliphatic heterocycles. The maximum atomic E-state index is 12.0. The second-order valence-electron chi connectivity index (χ2n) is 4.42. The lowest BCUT2D eigenvalue weighted by atomic mass is 10.2. The van der Waals surface area contributed by atoms with Crippen molar-refractivity contribution in [2.75, 3.05) is 32.2 Å². The molecule has 0 saturated heterocycles. The highest BCUT2D eigenvalue weighted by Crippen LogP contribution is 2.11. The number of hydrogen-bond acceptors (Lipinski definition) is 6. The number of carbonyl (C=O) groups excluding carboxylic acids is 1. The van der Waals surface area contributed by atoms with E-state index >= 15 is 0 Å². The van der Waals surface area contributed by atoms with Gasteiger partial charge in [0.25, 0.3) is 0 Å². The van der Waals surface area contributed by atoms with Crippen LogP contribution in [0.2, 0.25) is 0 Å². The molecule has 3 N–H and O–H groups in total. The second-order valence-corrected chi connectivity index (χ2v) is 4.42. The molecule has 1 rings (SSSR count). The standard InChI is InChI=1S/C16H23N3O3/c1-3-22-16(20)14(12-17)15(18-10-7-11-21-2)19-13-8-5-4-6-9-13/h4-6,8-9,12,17-19H,3,7,10-11H2,1-2H3/b15-14+,17-12?. The van der Waals surface area contributed by atoms with Crippen molar-refractivity contribution in [3.8, 4) is 0 Å². The number of rotatable bonds is 10. The van der Waals surface area contributed by atoms with Gasteiger partial charge in [-0.05, 0) is 25.5 Å². The van der Waals surface area contributed by atoms with Crippen LogP contribution in [-0.4, -0.2) is 39.1 Å². The van der Waals surface area contributed by atoms with E-state index in [0.717, 1.165) is 18.3 Å². The Kier molecular flexibility index (Phi) is 8.37. The predicted octanol–water partition coefficient (Wildman–Crippen LogP) is 2.15. The molecule has 22 heavy (non-hydrogen) atoms. The molecule has 6 heteroatoms. The first-order valence-electron chi connectivity index (χ1n) is 7.19. The normalized spacial score (nSPS) is 11.4. The van der Waals surface area contributed by atoms with Crippen LogP contribution < -0.4 is 10.6 Å². The van der Waals surface area contributed by atoms with Crippen LogP contribution in [0.3, 0.4) is 0 Å². The summed E-state index contributed by atoms with van der Waals surface area (Å²) < 4.78 is 9.99. The Morgan fingerprint density at radius 3 is 2.64 bits per heavy atom. The number of methoxy groups -OCH3 is 1. The van der Waals surface area contributed by atoms with Gasteiger partial charge in [0.1, 0.15) is 11.4 Å². The van der Waals surface area contributed by atoms with Crippen molar-refractivity contribution in [2.45, 2.75) is 13.3 Å². The fourth-order valence-corrected chi connectivity index (χ4v) is 1.74. The summed E-state index contributed by atoms with van der Waals surface area (Å²) in [5, 5.41) is 13.7. The second kappa shape index (κ2) is 10.4. The Labute approximate surface area is 131 Å². The number of ether oxygens (including phenoxy) is 2. The van der Waals surface area contributed by atoms with Crippen LogP contribution in [0.1, 0.15) is 13.3 Å². The van der Waals surface area contributed by atoms with Crippen LogP contribution >= 0.6 is 0 Å². The molecule has 1 aromatic carbocycles. The minimum atomic E-state index is -0.532. The highest BCUT2D eigenvalue weighted by atomic mass is 16.5. The van der Waals surface area contributed by atoms with E-state index in [1.807, 2.05) is 30.3 Å². The van der Waals surface area contributed by atoms with E-state index in [0.29, 0.717) is 19.0 Å². The molecule has 0 radical (unpaired) electrons. The van der Waals surface area contributed by atoms with Crippen molar-refractivity contribution < 1.29 is 14.3 Å². The molecular weight excluding hydrogens is 282 g/mol. The van der Waals surface area contributed by atoms with Gasteiger partial charge in [0, 0.05) is 32.2 Å². The zero-order valence-corrected chi connectivity index (χ0v) is 13.0. The maximum absolute atomic E-state index is 12.0. The van der Waals surface area contributed by atoms with Crippen molar-refractivity contribution in [2.24, 2.45) is 0 Å². The van der Waals surface area contributed by atoms with Gasteiger partial charge in [0.2, 0.25) is 0 Å². The van der Waals surface area contributed by atoms with E-state index < -0.39 is 5.97 Å². The van der Waals surface area contributed by atoms with E-state index in [2.05, 4.69) is 10.6 Å². The number of esters is 1. The molecule has 0 heterocycles. The van der Waals surface area contributed by atoms with Crippen molar-refractivity contribution in [1.29, 1.82) is 5.41 Å². The van der Waals surface area contributed by atoms with Crippen LogP contribution in [0.4, 0.5) is 5.69 Å². The molecule has 0 bridgehead atoms. The van der Waals surface area contributed by atoms with Gasteiger partial charge in [-0.3, -0.25) is 0 Å². The quantitative estimate of drug-likeness (QED) is 0.267. The third kappa shape index (κ3) is 5.97. The van der Waals surface area contributed by atoms with Gasteiger partial charge < -0.3 is 25.5 Å². The van der Waals surface area contributed by atoms with Gasteiger partial charge in [-0.1, -0.05) is 18.2 Å². The molecule has 1 aromatic rings. The van der Waals surface area contributed by atoms with Gasteiger partial charge in [0.05, 0.1) is 6.61 Å². The van der Waals surface area contributed by atoms with E-state index in [1.165, 1.54) is 0 Å². The molecule has 120 valence electrons. The molecule has 0 aliphatic rings. The molecule has 0 amide bonds. The highest BCUT2D eigenvalue weighted by Gasteiger charge is 2.15. The molecule has 0 aliphatic carbocycles. The molecule has 0 spiro atoms. The summed E-state index contributed by atoms with van der Waals surface area (Å²) in [6.07, 6.45) is 1.77. The van der Waals surface area contributed by atoms with Crippen molar-refractivity contribution in [1.82, 2.24) is 5.32 Å². The van der Waals surface area contributed by atoms with Gasteiger partial charge in [-0.2, -0.15) is 0 Å².